The Morgan fingerprint density at radius 1 is 1.40 bits per heavy atom. The van der Waals surface area contributed by atoms with Gasteiger partial charge < -0.3 is 9.94 Å². The van der Waals surface area contributed by atoms with Gasteiger partial charge in [-0.15, -0.1) is 5.06 Å². The standard InChI is InChI=1S/C11H21NO3/c1-11(2,3)10(14)15-12-6-4-9(8-13)5-7-12/h9,13H,4-8H2,1-3H3. The lowest BCUT2D eigenvalue weighted by Gasteiger charge is -2.31. The summed E-state index contributed by atoms with van der Waals surface area (Å²) in [6.07, 6.45) is 1.79. The first kappa shape index (κ1) is 12.5. The number of aliphatic hydroxyl groups excluding tert-OH is 1. The summed E-state index contributed by atoms with van der Waals surface area (Å²) in [6, 6.07) is 0. The van der Waals surface area contributed by atoms with Crippen molar-refractivity contribution in [3.8, 4) is 0 Å². The van der Waals surface area contributed by atoms with E-state index in [2.05, 4.69) is 0 Å². The van der Waals surface area contributed by atoms with Gasteiger partial charge in [0.05, 0.1) is 5.41 Å². The van der Waals surface area contributed by atoms with Gasteiger partial charge in [-0.1, -0.05) is 0 Å². The highest BCUT2D eigenvalue weighted by molar-refractivity contribution is 5.75. The molecule has 88 valence electrons. The van der Waals surface area contributed by atoms with Crippen molar-refractivity contribution in [3.05, 3.63) is 0 Å². The summed E-state index contributed by atoms with van der Waals surface area (Å²) in [6.45, 7) is 7.22. The second-order valence-corrected chi connectivity index (χ2v) is 5.18. The molecule has 4 nitrogen and oxygen atoms in total. The normalized spacial score (nSPS) is 20.3. The van der Waals surface area contributed by atoms with Crippen molar-refractivity contribution in [2.75, 3.05) is 19.7 Å². The van der Waals surface area contributed by atoms with E-state index in [-0.39, 0.29) is 12.6 Å². The van der Waals surface area contributed by atoms with E-state index in [0.29, 0.717) is 5.92 Å². The van der Waals surface area contributed by atoms with Crippen molar-refractivity contribution in [2.24, 2.45) is 11.3 Å². The summed E-state index contributed by atoms with van der Waals surface area (Å²) < 4.78 is 0. The molecule has 0 aromatic carbocycles. The molecule has 0 aromatic rings. The van der Waals surface area contributed by atoms with Gasteiger partial charge in [-0.05, 0) is 39.5 Å². The number of hydrogen-bond acceptors (Lipinski definition) is 4. The fourth-order valence-electron chi connectivity index (χ4n) is 1.44. The van der Waals surface area contributed by atoms with E-state index in [9.17, 15) is 4.79 Å². The van der Waals surface area contributed by atoms with Crippen molar-refractivity contribution in [3.63, 3.8) is 0 Å². The highest BCUT2D eigenvalue weighted by Crippen LogP contribution is 2.20. The molecule has 0 radical (unpaired) electrons. The molecule has 1 saturated heterocycles. The van der Waals surface area contributed by atoms with Gasteiger partial charge in [0.1, 0.15) is 0 Å². The minimum absolute atomic E-state index is 0.190. The Labute approximate surface area is 91.2 Å². The molecule has 1 aliphatic heterocycles. The van der Waals surface area contributed by atoms with Crippen LogP contribution in [0.25, 0.3) is 0 Å². The van der Waals surface area contributed by atoms with Crippen LogP contribution in [0, 0.1) is 11.3 Å². The van der Waals surface area contributed by atoms with Crippen molar-refractivity contribution in [1.82, 2.24) is 5.06 Å². The fourth-order valence-corrected chi connectivity index (χ4v) is 1.44. The number of rotatable bonds is 2. The summed E-state index contributed by atoms with van der Waals surface area (Å²) >= 11 is 0. The fraction of sp³-hybridized carbons (Fsp3) is 0.909. The van der Waals surface area contributed by atoms with Gasteiger partial charge in [-0.3, -0.25) is 0 Å². The summed E-state index contributed by atoms with van der Waals surface area (Å²) in [5.74, 6) is 0.180. The molecule has 1 fully saturated rings. The number of hydrogen-bond donors (Lipinski definition) is 1. The van der Waals surface area contributed by atoms with Crippen LogP contribution in [-0.4, -0.2) is 35.8 Å². The Hall–Kier alpha value is -0.610. The van der Waals surface area contributed by atoms with Crippen LogP contribution in [0.2, 0.25) is 0 Å². The van der Waals surface area contributed by atoms with Crippen LogP contribution < -0.4 is 0 Å². The van der Waals surface area contributed by atoms with E-state index in [4.69, 9.17) is 9.94 Å². The summed E-state index contributed by atoms with van der Waals surface area (Å²) in [5.41, 5.74) is -0.451. The molecule has 1 rings (SSSR count). The molecular formula is C11H21NO3. The zero-order valence-corrected chi connectivity index (χ0v) is 9.82. The molecule has 0 aromatic heterocycles. The largest absolute Gasteiger partial charge is 0.396 e. The molecule has 0 unspecified atom stereocenters. The third kappa shape index (κ3) is 3.80. The summed E-state index contributed by atoms with van der Waals surface area (Å²) in [4.78, 5) is 16.8. The quantitative estimate of drug-likeness (QED) is 0.752. The maximum Gasteiger partial charge on any atom is 0.330 e. The van der Waals surface area contributed by atoms with E-state index in [1.165, 1.54) is 0 Å². The highest BCUT2D eigenvalue weighted by atomic mass is 16.7. The molecule has 0 bridgehead atoms. The molecule has 0 amide bonds. The first-order valence-corrected chi connectivity index (χ1v) is 5.51. The lowest BCUT2D eigenvalue weighted by atomic mass is 9.97. The number of piperidine rings is 1. The summed E-state index contributed by atoms with van der Waals surface area (Å²) in [5, 5.41) is 10.7. The van der Waals surface area contributed by atoms with Gasteiger partial charge in [0.2, 0.25) is 0 Å². The minimum Gasteiger partial charge on any atom is -0.396 e. The maximum absolute atomic E-state index is 11.6. The number of nitrogens with zero attached hydrogens (tertiary/aromatic N) is 1. The lowest BCUT2D eigenvalue weighted by Crippen LogP contribution is -2.39. The van der Waals surface area contributed by atoms with E-state index in [1.807, 2.05) is 20.8 Å². The molecule has 0 spiro atoms. The molecule has 0 aliphatic carbocycles. The van der Waals surface area contributed by atoms with Crippen molar-refractivity contribution in [1.29, 1.82) is 0 Å². The van der Waals surface area contributed by atoms with E-state index >= 15 is 0 Å². The van der Waals surface area contributed by atoms with E-state index < -0.39 is 5.41 Å². The predicted molar refractivity (Wildman–Crippen MR) is 56.9 cm³/mol. The highest BCUT2D eigenvalue weighted by Gasteiger charge is 2.28. The molecule has 15 heavy (non-hydrogen) atoms. The minimum atomic E-state index is -0.451. The van der Waals surface area contributed by atoms with Gasteiger partial charge in [0.25, 0.3) is 0 Å². The van der Waals surface area contributed by atoms with Gasteiger partial charge in [0, 0.05) is 19.7 Å². The number of carbonyl (C=O) groups excluding carboxylic acids is 1. The third-order valence-electron chi connectivity index (χ3n) is 2.66. The SMILES string of the molecule is CC(C)(C)C(=O)ON1CCC(CO)CC1. The second-order valence-electron chi connectivity index (χ2n) is 5.18. The number of aliphatic hydroxyl groups is 1. The van der Waals surface area contributed by atoms with Crippen molar-refractivity contribution < 1.29 is 14.7 Å². The molecule has 0 atom stereocenters. The van der Waals surface area contributed by atoms with Gasteiger partial charge >= 0.3 is 5.97 Å². The van der Waals surface area contributed by atoms with Crippen LogP contribution in [-0.2, 0) is 9.63 Å². The average Bonchev–Trinajstić information content (AvgIpc) is 2.17. The Balaban J connectivity index is 2.33. The average molecular weight is 215 g/mol. The molecule has 1 heterocycles. The Bertz CT molecular complexity index is 214. The smallest absolute Gasteiger partial charge is 0.330 e. The van der Waals surface area contributed by atoms with E-state index in [1.54, 1.807) is 5.06 Å². The monoisotopic (exact) mass is 215 g/mol. The Morgan fingerprint density at radius 2 is 1.93 bits per heavy atom. The zero-order valence-electron chi connectivity index (χ0n) is 9.82. The first-order chi connectivity index (χ1) is 6.93. The number of hydroxylamine groups is 2. The molecule has 4 heteroatoms. The van der Waals surface area contributed by atoms with Crippen LogP contribution in [0.3, 0.4) is 0 Å². The van der Waals surface area contributed by atoms with Gasteiger partial charge in [0.15, 0.2) is 0 Å². The summed E-state index contributed by atoms with van der Waals surface area (Å²) in [7, 11) is 0. The van der Waals surface area contributed by atoms with Crippen molar-refractivity contribution in [2.45, 2.75) is 33.6 Å². The van der Waals surface area contributed by atoms with Gasteiger partial charge in [-0.2, -0.15) is 0 Å². The second kappa shape index (κ2) is 4.94. The third-order valence-corrected chi connectivity index (χ3v) is 2.66. The van der Waals surface area contributed by atoms with Crippen LogP contribution >= 0.6 is 0 Å². The van der Waals surface area contributed by atoms with Gasteiger partial charge in [-0.25, -0.2) is 4.79 Å². The Morgan fingerprint density at radius 3 is 2.33 bits per heavy atom. The topological polar surface area (TPSA) is 49.8 Å². The first-order valence-electron chi connectivity index (χ1n) is 5.51. The zero-order chi connectivity index (χ0) is 11.5. The van der Waals surface area contributed by atoms with Crippen LogP contribution in [0.15, 0.2) is 0 Å². The Kier molecular flexibility index (Phi) is 4.11. The van der Waals surface area contributed by atoms with Crippen LogP contribution in [0.1, 0.15) is 33.6 Å². The lowest BCUT2D eigenvalue weighted by molar-refractivity contribution is -0.206. The predicted octanol–water partition coefficient (Wildman–Crippen LogP) is 1.20. The van der Waals surface area contributed by atoms with Crippen molar-refractivity contribution >= 4 is 5.97 Å². The van der Waals surface area contributed by atoms with Crippen LogP contribution in [0.4, 0.5) is 0 Å². The molecule has 1 N–H and O–H groups in total. The maximum atomic E-state index is 11.6. The molecule has 1 aliphatic rings. The van der Waals surface area contributed by atoms with Crippen LogP contribution in [0.5, 0.6) is 0 Å². The number of carbonyl (C=O) groups is 1. The molecule has 0 saturated carbocycles. The molecular weight excluding hydrogens is 194 g/mol. The van der Waals surface area contributed by atoms with E-state index in [0.717, 1.165) is 25.9 Å².